The molecule has 0 radical (unpaired) electrons. The van der Waals surface area contributed by atoms with Crippen molar-refractivity contribution in [1.29, 1.82) is 0 Å². The highest BCUT2D eigenvalue weighted by Gasteiger charge is 2.39. The summed E-state index contributed by atoms with van der Waals surface area (Å²) in [6.07, 6.45) is 3.60. The van der Waals surface area contributed by atoms with Gasteiger partial charge in [-0.2, -0.15) is 4.31 Å². The van der Waals surface area contributed by atoms with Crippen LogP contribution in [0.1, 0.15) is 43.9 Å². The van der Waals surface area contributed by atoms with Crippen molar-refractivity contribution in [3.63, 3.8) is 0 Å². The van der Waals surface area contributed by atoms with Gasteiger partial charge < -0.3 is 5.32 Å². The van der Waals surface area contributed by atoms with Gasteiger partial charge in [0.25, 0.3) is 0 Å². The van der Waals surface area contributed by atoms with Gasteiger partial charge in [-0.3, -0.25) is 9.69 Å². The number of rotatable bonds is 6. The molecule has 2 aliphatic rings. The first-order valence-electron chi connectivity index (χ1n) is 10.9. The number of nitrogens with zero attached hydrogens (tertiary/aromatic N) is 3. The number of likely N-dealkylation sites (tertiary alicyclic amines) is 1. The molecule has 0 saturated carbocycles. The zero-order valence-corrected chi connectivity index (χ0v) is 19.7. The van der Waals surface area contributed by atoms with E-state index in [4.69, 9.17) is 0 Å². The topological polar surface area (TPSA) is 82.6 Å². The van der Waals surface area contributed by atoms with Gasteiger partial charge in [0.05, 0.1) is 10.6 Å². The lowest BCUT2D eigenvalue weighted by Crippen LogP contribution is -2.43. The van der Waals surface area contributed by atoms with Gasteiger partial charge in [0.15, 0.2) is 5.13 Å². The highest BCUT2D eigenvalue weighted by molar-refractivity contribution is 7.89. The Morgan fingerprint density at radius 3 is 2.58 bits per heavy atom. The predicted molar refractivity (Wildman–Crippen MR) is 123 cm³/mol. The van der Waals surface area contributed by atoms with Crippen molar-refractivity contribution in [2.45, 2.75) is 57.0 Å². The molecule has 1 atom stereocenters. The number of piperidine rings is 1. The van der Waals surface area contributed by atoms with E-state index in [1.165, 1.54) is 28.5 Å². The molecule has 0 bridgehead atoms. The summed E-state index contributed by atoms with van der Waals surface area (Å²) in [6, 6.07) is 6.05. The Hall–Kier alpha value is -1.81. The van der Waals surface area contributed by atoms with E-state index in [2.05, 4.69) is 22.1 Å². The zero-order valence-electron chi connectivity index (χ0n) is 18.1. The zero-order chi connectivity index (χ0) is 22.0. The third kappa shape index (κ3) is 5.16. The summed E-state index contributed by atoms with van der Waals surface area (Å²) in [5.41, 5.74) is 1.94. The molecular formula is C22H30N4O3S2. The number of aromatic nitrogens is 1. The molecule has 0 aliphatic carbocycles. The highest BCUT2D eigenvalue weighted by Crippen LogP contribution is 2.28. The van der Waals surface area contributed by atoms with Crippen LogP contribution in [0.3, 0.4) is 0 Å². The number of anilines is 1. The van der Waals surface area contributed by atoms with Crippen LogP contribution in [0.25, 0.3) is 0 Å². The van der Waals surface area contributed by atoms with Crippen molar-refractivity contribution in [2.75, 3.05) is 25.0 Å². The van der Waals surface area contributed by atoms with E-state index < -0.39 is 16.1 Å². The minimum Gasteiger partial charge on any atom is -0.301 e. The summed E-state index contributed by atoms with van der Waals surface area (Å²) in [5, 5.41) is 5.36. The van der Waals surface area contributed by atoms with Crippen molar-refractivity contribution in [2.24, 2.45) is 5.92 Å². The number of hydrogen-bond donors (Lipinski definition) is 1. The highest BCUT2D eigenvalue weighted by atomic mass is 32.2. The van der Waals surface area contributed by atoms with Gasteiger partial charge in [0.2, 0.25) is 15.9 Å². The number of thiazole rings is 1. The fourth-order valence-electron chi connectivity index (χ4n) is 4.21. The summed E-state index contributed by atoms with van der Waals surface area (Å²) < 4.78 is 27.5. The molecule has 1 aromatic carbocycles. The number of benzene rings is 1. The Balaban J connectivity index is 1.40. The standard InChI is InChI=1S/C22H30N4O3S2/c1-16-5-7-19(8-6-16)31(28,29)26-11-3-4-20(26)21(27)24-22-23-18(15-30-22)14-25-12-9-17(2)10-13-25/h5-8,15,17,20H,3-4,9-14H2,1-2H3,(H,23,24,27)/t20-/m0/s1. The van der Waals surface area contributed by atoms with Crippen LogP contribution in [-0.4, -0.2) is 54.2 Å². The summed E-state index contributed by atoms with van der Waals surface area (Å²) >= 11 is 1.39. The summed E-state index contributed by atoms with van der Waals surface area (Å²) in [5.74, 6) is 0.480. The number of amides is 1. The van der Waals surface area contributed by atoms with E-state index in [1.54, 1.807) is 24.3 Å². The maximum absolute atomic E-state index is 13.1. The SMILES string of the molecule is Cc1ccc(S(=O)(=O)N2CCC[C@H]2C(=O)Nc2nc(CN3CCC(C)CC3)cs2)cc1. The Labute approximate surface area is 188 Å². The molecule has 0 spiro atoms. The molecule has 2 fully saturated rings. The minimum atomic E-state index is -3.71. The van der Waals surface area contributed by atoms with Gasteiger partial charge in [0, 0.05) is 18.5 Å². The molecule has 2 aromatic rings. The Morgan fingerprint density at radius 2 is 1.87 bits per heavy atom. The number of sulfonamides is 1. The minimum absolute atomic E-state index is 0.227. The van der Waals surface area contributed by atoms with Gasteiger partial charge >= 0.3 is 0 Å². The average Bonchev–Trinajstić information content (AvgIpc) is 3.40. The van der Waals surface area contributed by atoms with E-state index in [1.807, 2.05) is 12.3 Å². The molecule has 4 rings (SSSR count). The molecule has 1 N–H and O–H groups in total. The smallest absolute Gasteiger partial charge is 0.244 e. The van der Waals surface area contributed by atoms with E-state index >= 15 is 0 Å². The summed E-state index contributed by atoms with van der Waals surface area (Å²) in [4.78, 5) is 20.1. The van der Waals surface area contributed by atoms with E-state index in [9.17, 15) is 13.2 Å². The quantitative estimate of drug-likeness (QED) is 0.711. The van der Waals surface area contributed by atoms with Crippen LogP contribution in [-0.2, 0) is 21.4 Å². The van der Waals surface area contributed by atoms with E-state index in [0.29, 0.717) is 24.5 Å². The lowest BCUT2D eigenvalue weighted by molar-refractivity contribution is -0.119. The van der Waals surface area contributed by atoms with E-state index in [0.717, 1.165) is 36.8 Å². The molecule has 7 nitrogen and oxygen atoms in total. The number of aryl methyl sites for hydroxylation is 1. The second-order valence-electron chi connectivity index (χ2n) is 8.68. The predicted octanol–water partition coefficient (Wildman–Crippen LogP) is 3.48. The molecule has 2 saturated heterocycles. The molecule has 31 heavy (non-hydrogen) atoms. The largest absolute Gasteiger partial charge is 0.301 e. The van der Waals surface area contributed by atoms with Crippen LogP contribution in [0.5, 0.6) is 0 Å². The molecule has 0 unspecified atom stereocenters. The Morgan fingerprint density at radius 1 is 1.16 bits per heavy atom. The third-order valence-electron chi connectivity index (χ3n) is 6.18. The maximum atomic E-state index is 13.1. The van der Waals surface area contributed by atoms with Crippen molar-refractivity contribution in [3.8, 4) is 0 Å². The molecule has 168 valence electrons. The molecule has 9 heteroatoms. The van der Waals surface area contributed by atoms with Crippen molar-refractivity contribution >= 4 is 32.4 Å². The van der Waals surface area contributed by atoms with Gasteiger partial charge in [-0.25, -0.2) is 13.4 Å². The lowest BCUT2D eigenvalue weighted by atomic mass is 9.99. The molecule has 3 heterocycles. The number of nitrogens with one attached hydrogen (secondary N) is 1. The van der Waals surface area contributed by atoms with Crippen molar-refractivity contribution in [3.05, 3.63) is 40.9 Å². The molecule has 1 aromatic heterocycles. The molecule has 2 aliphatic heterocycles. The number of carbonyl (C=O) groups excluding carboxylic acids is 1. The van der Waals surface area contributed by atoms with Crippen LogP contribution in [0, 0.1) is 12.8 Å². The summed E-state index contributed by atoms with van der Waals surface area (Å²) in [7, 11) is -3.71. The maximum Gasteiger partial charge on any atom is 0.244 e. The summed E-state index contributed by atoms with van der Waals surface area (Å²) in [6.45, 7) is 7.50. The number of carbonyl (C=O) groups is 1. The Kier molecular flexibility index (Phi) is 6.76. The Bertz CT molecular complexity index is 1010. The molecule has 1 amide bonds. The first-order valence-corrected chi connectivity index (χ1v) is 13.2. The van der Waals surface area contributed by atoms with Crippen molar-refractivity contribution in [1.82, 2.24) is 14.2 Å². The first-order chi connectivity index (χ1) is 14.8. The van der Waals surface area contributed by atoms with Crippen LogP contribution in [0.2, 0.25) is 0 Å². The third-order valence-corrected chi connectivity index (χ3v) is 8.91. The second kappa shape index (κ2) is 9.36. The second-order valence-corrected chi connectivity index (χ2v) is 11.4. The van der Waals surface area contributed by atoms with Crippen molar-refractivity contribution < 1.29 is 13.2 Å². The van der Waals surface area contributed by atoms with Gasteiger partial charge in [-0.05, 0) is 63.7 Å². The monoisotopic (exact) mass is 462 g/mol. The van der Waals surface area contributed by atoms with Crippen LogP contribution in [0.15, 0.2) is 34.5 Å². The fraction of sp³-hybridized carbons (Fsp3) is 0.545. The molecular weight excluding hydrogens is 432 g/mol. The normalized spacial score (nSPS) is 21.4. The van der Waals surface area contributed by atoms with Crippen LogP contribution >= 0.6 is 11.3 Å². The number of hydrogen-bond acceptors (Lipinski definition) is 6. The first kappa shape index (κ1) is 22.4. The average molecular weight is 463 g/mol. The van der Waals surface area contributed by atoms with Crippen LogP contribution in [0.4, 0.5) is 5.13 Å². The van der Waals surface area contributed by atoms with Crippen LogP contribution < -0.4 is 5.32 Å². The lowest BCUT2D eigenvalue weighted by Gasteiger charge is -2.29. The van der Waals surface area contributed by atoms with E-state index in [-0.39, 0.29) is 10.8 Å². The van der Waals surface area contributed by atoms with Gasteiger partial charge in [-0.15, -0.1) is 11.3 Å². The van der Waals surface area contributed by atoms with Gasteiger partial charge in [0.1, 0.15) is 6.04 Å². The fourth-order valence-corrected chi connectivity index (χ4v) is 6.57. The van der Waals surface area contributed by atoms with Gasteiger partial charge in [-0.1, -0.05) is 24.6 Å².